The minimum atomic E-state index is -0.934. The molecule has 1 aromatic carbocycles. The average Bonchev–Trinajstić information content (AvgIpc) is 3.24. The van der Waals surface area contributed by atoms with Gasteiger partial charge in [0.05, 0.1) is 28.9 Å². The predicted molar refractivity (Wildman–Crippen MR) is 109 cm³/mol. The Labute approximate surface area is 185 Å². The Hall–Kier alpha value is -2.94. The van der Waals surface area contributed by atoms with Crippen molar-refractivity contribution in [2.24, 2.45) is 5.41 Å². The number of hydrogen-bond acceptors (Lipinski definition) is 7. The maximum atomic E-state index is 13.3. The van der Waals surface area contributed by atoms with E-state index in [1.807, 2.05) is 0 Å². The number of nitrogens with one attached hydrogen (secondary N) is 1. The normalized spacial score (nSPS) is 29.3. The van der Waals surface area contributed by atoms with Gasteiger partial charge in [0.2, 0.25) is 0 Å². The van der Waals surface area contributed by atoms with E-state index < -0.39 is 46.1 Å². The van der Waals surface area contributed by atoms with Gasteiger partial charge in [0.15, 0.2) is 0 Å². The molecule has 5 aliphatic rings. The molecule has 170 valence electrons. The van der Waals surface area contributed by atoms with Gasteiger partial charge in [-0.2, -0.15) is 0 Å². The highest BCUT2D eigenvalue weighted by Crippen LogP contribution is 2.72. The van der Waals surface area contributed by atoms with Crippen molar-refractivity contribution in [3.63, 3.8) is 0 Å². The van der Waals surface area contributed by atoms with Gasteiger partial charge in [-0.25, -0.2) is 9.59 Å². The van der Waals surface area contributed by atoms with Crippen LogP contribution >= 0.6 is 0 Å². The van der Waals surface area contributed by atoms with E-state index >= 15 is 0 Å². The SMILES string of the molecule is CC(C)(C)OC(=O)NCC12CC(C(=O)ON3C(=O)c4ccccc4C3=O)(C1)C1(CCC1)O2. The molecule has 1 aromatic rings. The smallest absolute Gasteiger partial charge is 0.407 e. The van der Waals surface area contributed by atoms with E-state index in [-0.39, 0.29) is 17.7 Å². The van der Waals surface area contributed by atoms with Gasteiger partial charge >= 0.3 is 12.1 Å². The molecule has 2 saturated carbocycles. The second-order valence-electron chi connectivity index (χ2n) is 10.3. The number of hydrogen-bond donors (Lipinski definition) is 1. The molecule has 2 aliphatic carbocycles. The van der Waals surface area contributed by atoms with Crippen molar-refractivity contribution in [3.8, 4) is 0 Å². The molecule has 3 amide bonds. The number of amides is 3. The standard InChI is InChI=1S/C23H26N2O7/c1-20(2,3)30-19(29)24-13-21-11-22(12-21,23(32-21)9-6-10-23)18(28)31-25-16(26)14-7-4-5-8-15(14)17(25)27/h4-5,7-8H,6,9-13H2,1-3H3,(H,24,29). The minimum absolute atomic E-state index is 0.214. The van der Waals surface area contributed by atoms with E-state index in [0.717, 1.165) is 6.42 Å². The maximum Gasteiger partial charge on any atom is 0.407 e. The van der Waals surface area contributed by atoms with Gasteiger partial charge in [-0.05, 0) is 65.0 Å². The van der Waals surface area contributed by atoms with E-state index in [2.05, 4.69) is 5.32 Å². The fourth-order valence-electron chi connectivity index (χ4n) is 5.49. The van der Waals surface area contributed by atoms with Crippen LogP contribution in [0.1, 0.15) is 73.6 Å². The molecule has 0 atom stereocenters. The zero-order valence-corrected chi connectivity index (χ0v) is 18.4. The molecule has 32 heavy (non-hydrogen) atoms. The van der Waals surface area contributed by atoms with E-state index in [1.54, 1.807) is 32.9 Å². The topological polar surface area (TPSA) is 111 Å². The molecule has 2 bridgehead atoms. The predicted octanol–water partition coefficient (Wildman–Crippen LogP) is 2.74. The van der Waals surface area contributed by atoms with E-state index in [9.17, 15) is 19.2 Å². The molecule has 4 fully saturated rings. The van der Waals surface area contributed by atoms with Crippen molar-refractivity contribution in [1.82, 2.24) is 10.4 Å². The van der Waals surface area contributed by atoms with Crippen molar-refractivity contribution >= 4 is 23.9 Å². The Morgan fingerprint density at radius 1 is 1.09 bits per heavy atom. The highest BCUT2D eigenvalue weighted by Gasteiger charge is 2.80. The summed E-state index contributed by atoms with van der Waals surface area (Å²) in [6.07, 6.45) is 2.47. The molecule has 0 unspecified atom stereocenters. The molecule has 0 radical (unpaired) electrons. The summed E-state index contributed by atoms with van der Waals surface area (Å²) in [5.74, 6) is -1.92. The highest BCUT2D eigenvalue weighted by atomic mass is 16.7. The number of alkyl carbamates (subject to hydrolysis) is 1. The summed E-state index contributed by atoms with van der Waals surface area (Å²) < 4.78 is 11.7. The molecule has 6 rings (SSSR count). The molecule has 1 spiro atoms. The van der Waals surface area contributed by atoms with Crippen molar-refractivity contribution in [1.29, 1.82) is 0 Å². The molecule has 9 nitrogen and oxygen atoms in total. The van der Waals surface area contributed by atoms with Crippen LogP contribution in [0.2, 0.25) is 0 Å². The molecule has 9 heteroatoms. The van der Waals surface area contributed by atoms with E-state index in [4.69, 9.17) is 14.3 Å². The molecular weight excluding hydrogens is 416 g/mol. The van der Waals surface area contributed by atoms with Gasteiger partial charge < -0.3 is 19.6 Å². The fraction of sp³-hybridized carbons (Fsp3) is 0.565. The number of carbonyl (C=O) groups excluding carboxylic acids is 4. The molecular formula is C23H26N2O7. The van der Waals surface area contributed by atoms with Crippen LogP contribution in [0.3, 0.4) is 0 Å². The lowest BCUT2D eigenvalue weighted by atomic mass is 9.51. The summed E-state index contributed by atoms with van der Waals surface area (Å²) in [7, 11) is 0. The van der Waals surface area contributed by atoms with Crippen molar-refractivity contribution in [2.45, 2.75) is 69.7 Å². The quantitative estimate of drug-likeness (QED) is 0.714. The summed E-state index contributed by atoms with van der Waals surface area (Å²) in [4.78, 5) is 56.0. The maximum absolute atomic E-state index is 13.3. The Bertz CT molecular complexity index is 996. The summed E-state index contributed by atoms with van der Waals surface area (Å²) in [5, 5.41) is 3.30. The Morgan fingerprint density at radius 3 is 2.19 bits per heavy atom. The van der Waals surface area contributed by atoms with Gasteiger partial charge in [-0.3, -0.25) is 9.59 Å². The summed E-state index contributed by atoms with van der Waals surface area (Å²) in [5.41, 5.74) is -2.48. The van der Waals surface area contributed by atoms with Crippen LogP contribution in [0.5, 0.6) is 0 Å². The van der Waals surface area contributed by atoms with Gasteiger partial charge in [0, 0.05) is 0 Å². The number of carbonyl (C=O) groups is 4. The van der Waals surface area contributed by atoms with Crippen LogP contribution in [0.25, 0.3) is 0 Å². The number of hydroxylamine groups is 2. The second-order valence-corrected chi connectivity index (χ2v) is 10.3. The zero-order chi connectivity index (χ0) is 22.9. The summed E-state index contributed by atoms with van der Waals surface area (Å²) in [6.45, 7) is 5.56. The summed E-state index contributed by atoms with van der Waals surface area (Å²) in [6, 6.07) is 6.37. The summed E-state index contributed by atoms with van der Waals surface area (Å²) >= 11 is 0. The minimum Gasteiger partial charge on any atom is -0.444 e. The number of fused-ring (bicyclic) bond motifs is 1. The van der Waals surface area contributed by atoms with Crippen LogP contribution in [-0.2, 0) is 19.1 Å². The lowest BCUT2D eigenvalue weighted by Gasteiger charge is -2.49. The Morgan fingerprint density at radius 2 is 1.69 bits per heavy atom. The third-order valence-electron chi connectivity index (χ3n) is 6.97. The lowest BCUT2D eigenvalue weighted by Crippen LogP contribution is -2.60. The number of imide groups is 1. The molecule has 1 N–H and O–H groups in total. The van der Waals surface area contributed by atoms with Gasteiger partial charge in [-0.15, -0.1) is 0 Å². The Balaban J connectivity index is 1.29. The fourth-order valence-corrected chi connectivity index (χ4v) is 5.49. The second kappa shape index (κ2) is 6.54. The molecule has 3 heterocycles. The molecule has 2 saturated heterocycles. The van der Waals surface area contributed by atoms with Gasteiger partial charge in [0.25, 0.3) is 11.8 Å². The van der Waals surface area contributed by atoms with Gasteiger partial charge in [-0.1, -0.05) is 17.2 Å². The van der Waals surface area contributed by atoms with E-state index in [1.165, 1.54) is 12.1 Å². The zero-order valence-electron chi connectivity index (χ0n) is 18.4. The number of benzene rings is 1. The third kappa shape index (κ3) is 2.87. The third-order valence-corrected chi connectivity index (χ3v) is 6.97. The lowest BCUT2D eigenvalue weighted by molar-refractivity contribution is -0.194. The van der Waals surface area contributed by atoms with Crippen LogP contribution in [-0.4, -0.2) is 52.3 Å². The number of nitrogens with zero attached hydrogens (tertiary/aromatic N) is 1. The molecule has 0 aromatic heterocycles. The monoisotopic (exact) mass is 442 g/mol. The van der Waals surface area contributed by atoms with Crippen LogP contribution < -0.4 is 5.32 Å². The van der Waals surface area contributed by atoms with Crippen LogP contribution in [0.4, 0.5) is 4.79 Å². The van der Waals surface area contributed by atoms with Gasteiger partial charge in [0.1, 0.15) is 11.0 Å². The van der Waals surface area contributed by atoms with Crippen LogP contribution in [0.15, 0.2) is 24.3 Å². The number of rotatable bonds is 4. The Kier molecular flexibility index (Phi) is 4.28. The largest absolute Gasteiger partial charge is 0.444 e. The van der Waals surface area contributed by atoms with Crippen molar-refractivity contribution in [2.75, 3.05) is 6.54 Å². The first-order chi connectivity index (χ1) is 15.0. The van der Waals surface area contributed by atoms with Crippen LogP contribution in [0, 0.1) is 5.41 Å². The first-order valence-corrected chi connectivity index (χ1v) is 10.9. The van der Waals surface area contributed by atoms with E-state index in [0.29, 0.717) is 30.7 Å². The first kappa shape index (κ1) is 20.9. The first-order valence-electron chi connectivity index (χ1n) is 10.9. The van der Waals surface area contributed by atoms with Crippen molar-refractivity contribution < 1.29 is 33.5 Å². The number of ether oxygens (including phenoxy) is 2. The van der Waals surface area contributed by atoms with Crippen molar-refractivity contribution in [3.05, 3.63) is 35.4 Å². The highest BCUT2D eigenvalue weighted by molar-refractivity contribution is 6.21. The average molecular weight is 442 g/mol. The molecule has 3 aliphatic heterocycles.